The molecule has 114 valence electrons. The van der Waals surface area contributed by atoms with Crippen molar-refractivity contribution in [1.29, 1.82) is 5.26 Å². The van der Waals surface area contributed by atoms with E-state index < -0.39 is 0 Å². The Morgan fingerprint density at radius 1 is 1.32 bits per heavy atom. The Morgan fingerprint density at radius 2 is 2.09 bits per heavy atom. The summed E-state index contributed by atoms with van der Waals surface area (Å²) in [6.45, 7) is 4.38. The van der Waals surface area contributed by atoms with Gasteiger partial charge in [-0.25, -0.2) is 4.98 Å². The first kappa shape index (κ1) is 15.6. The second-order valence-corrected chi connectivity index (χ2v) is 4.97. The molecule has 0 atom stereocenters. The van der Waals surface area contributed by atoms with Gasteiger partial charge in [0.15, 0.2) is 11.5 Å². The molecule has 0 saturated heterocycles. The normalized spacial score (nSPS) is 10.2. The largest absolute Gasteiger partial charge is 0.504 e. The maximum absolute atomic E-state index is 9.81. The van der Waals surface area contributed by atoms with Gasteiger partial charge in [0.05, 0.1) is 6.61 Å². The van der Waals surface area contributed by atoms with Crippen molar-refractivity contribution in [3.05, 3.63) is 35.5 Å². The van der Waals surface area contributed by atoms with Crippen molar-refractivity contribution in [2.24, 2.45) is 0 Å². The van der Waals surface area contributed by atoms with Gasteiger partial charge in [0.25, 0.3) is 5.82 Å². The third kappa shape index (κ3) is 3.12. The molecule has 0 fully saturated rings. The van der Waals surface area contributed by atoms with Crippen LogP contribution in [-0.2, 0) is 6.42 Å². The molecular formula is C17H20N3O2+. The van der Waals surface area contributed by atoms with E-state index >= 15 is 0 Å². The molecule has 0 aliphatic carbocycles. The summed E-state index contributed by atoms with van der Waals surface area (Å²) < 4.78 is 5.41. The molecule has 0 bridgehead atoms. The van der Waals surface area contributed by atoms with E-state index in [1.807, 2.05) is 13.0 Å². The van der Waals surface area contributed by atoms with E-state index in [4.69, 9.17) is 10.5 Å². The number of hydrogen-bond donors (Lipinski definition) is 2. The molecule has 4 N–H and O–H groups in total. The van der Waals surface area contributed by atoms with Crippen LogP contribution < -0.4 is 15.5 Å². The topological polar surface area (TPSA) is 93.4 Å². The summed E-state index contributed by atoms with van der Waals surface area (Å²) >= 11 is 0. The number of nitrogens with zero attached hydrogens (tertiary/aromatic N) is 1. The number of nitrogens with one attached hydrogen (secondary N) is 1. The average molecular weight is 298 g/mol. The van der Waals surface area contributed by atoms with Gasteiger partial charge in [-0.05, 0) is 37.1 Å². The number of aromatic nitrogens is 1. The molecule has 2 rings (SSSR count). The van der Waals surface area contributed by atoms with E-state index in [1.165, 1.54) is 0 Å². The lowest BCUT2D eigenvalue weighted by Crippen LogP contribution is -2.19. The second kappa shape index (κ2) is 6.81. The van der Waals surface area contributed by atoms with Gasteiger partial charge in [-0.2, -0.15) is 5.26 Å². The van der Waals surface area contributed by atoms with Gasteiger partial charge in [-0.3, -0.25) is 5.73 Å². The standard InChI is InChI=1S/C17H19N3O2/c1-3-5-12-9-13(14(10-18)17(19)20-12)11-6-7-15(21)16(8-11)22-4-2/h6-9,21H,3-5H2,1-2H3,(H2,19,20)/p+1. The summed E-state index contributed by atoms with van der Waals surface area (Å²) in [5.41, 5.74) is 8.86. The number of nitriles is 1. The Bertz CT molecular complexity index is 721. The molecule has 0 amide bonds. The van der Waals surface area contributed by atoms with Gasteiger partial charge in [0.2, 0.25) is 0 Å². The highest BCUT2D eigenvalue weighted by molar-refractivity contribution is 5.76. The highest BCUT2D eigenvalue weighted by atomic mass is 16.5. The van der Waals surface area contributed by atoms with Crippen LogP contribution in [0.5, 0.6) is 11.5 Å². The van der Waals surface area contributed by atoms with Crippen molar-refractivity contribution in [1.82, 2.24) is 0 Å². The summed E-state index contributed by atoms with van der Waals surface area (Å²) in [6.07, 6.45) is 1.82. The van der Waals surface area contributed by atoms with Crippen LogP contribution in [0.15, 0.2) is 24.3 Å². The molecule has 0 radical (unpaired) electrons. The van der Waals surface area contributed by atoms with Crippen LogP contribution in [0.3, 0.4) is 0 Å². The van der Waals surface area contributed by atoms with Crippen molar-refractivity contribution in [2.75, 3.05) is 12.3 Å². The average Bonchev–Trinajstić information content (AvgIpc) is 2.49. The molecule has 1 heterocycles. The predicted octanol–water partition coefficient (Wildman–Crippen LogP) is 2.68. The first-order chi connectivity index (χ1) is 10.6. The SMILES string of the molecule is CCCc1cc(-c2ccc(O)c(OCC)c2)c(C#N)c(N)[nH+]1. The molecule has 2 aromatic rings. The zero-order valence-corrected chi connectivity index (χ0v) is 12.8. The highest BCUT2D eigenvalue weighted by Gasteiger charge is 2.17. The number of phenolic OH excluding ortho intramolecular Hbond substituents is 1. The summed E-state index contributed by atoms with van der Waals surface area (Å²) in [7, 11) is 0. The van der Waals surface area contributed by atoms with E-state index in [-0.39, 0.29) is 5.75 Å². The van der Waals surface area contributed by atoms with E-state index in [1.54, 1.807) is 18.2 Å². The fourth-order valence-corrected chi connectivity index (χ4v) is 2.37. The molecule has 1 aromatic heterocycles. The third-order valence-electron chi connectivity index (χ3n) is 3.35. The lowest BCUT2D eigenvalue weighted by atomic mass is 9.99. The molecule has 0 spiro atoms. The minimum atomic E-state index is 0.0772. The number of nitrogens with two attached hydrogens (primary N) is 1. The van der Waals surface area contributed by atoms with E-state index in [0.29, 0.717) is 23.7 Å². The Hall–Kier alpha value is -2.74. The fraction of sp³-hybridized carbons (Fsp3) is 0.294. The minimum absolute atomic E-state index is 0.0772. The molecule has 5 heteroatoms. The molecule has 0 saturated carbocycles. The van der Waals surface area contributed by atoms with Gasteiger partial charge in [-0.15, -0.1) is 0 Å². The van der Waals surface area contributed by atoms with Crippen molar-refractivity contribution in [3.63, 3.8) is 0 Å². The zero-order chi connectivity index (χ0) is 16.1. The number of hydrogen-bond acceptors (Lipinski definition) is 4. The van der Waals surface area contributed by atoms with Crippen LogP contribution in [0.2, 0.25) is 0 Å². The number of ether oxygens (including phenoxy) is 1. The Morgan fingerprint density at radius 3 is 2.73 bits per heavy atom. The van der Waals surface area contributed by atoms with Crippen LogP contribution in [-0.4, -0.2) is 11.7 Å². The van der Waals surface area contributed by atoms with Crippen LogP contribution in [0.4, 0.5) is 5.82 Å². The Kier molecular flexibility index (Phi) is 4.84. The van der Waals surface area contributed by atoms with Crippen molar-refractivity contribution in [2.45, 2.75) is 26.7 Å². The van der Waals surface area contributed by atoms with Crippen LogP contribution >= 0.6 is 0 Å². The Labute approximate surface area is 130 Å². The summed E-state index contributed by atoms with van der Waals surface area (Å²) in [5.74, 6) is 0.829. The third-order valence-corrected chi connectivity index (χ3v) is 3.35. The number of pyridine rings is 1. The minimum Gasteiger partial charge on any atom is -0.504 e. The van der Waals surface area contributed by atoms with E-state index in [0.717, 1.165) is 29.7 Å². The number of H-pyrrole nitrogens is 1. The fourth-order valence-electron chi connectivity index (χ4n) is 2.37. The van der Waals surface area contributed by atoms with Gasteiger partial charge in [-0.1, -0.05) is 13.0 Å². The van der Waals surface area contributed by atoms with Gasteiger partial charge >= 0.3 is 0 Å². The van der Waals surface area contributed by atoms with E-state index in [2.05, 4.69) is 18.0 Å². The second-order valence-electron chi connectivity index (χ2n) is 4.97. The van der Waals surface area contributed by atoms with Crippen molar-refractivity contribution < 1.29 is 14.8 Å². The summed E-state index contributed by atoms with van der Waals surface area (Å²) in [4.78, 5) is 3.06. The van der Waals surface area contributed by atoms with Gasteiger partial charge in [0, 0.05) is 12.0 Å². The number of aromatic hydroxyl groups is 1. The molecule has 5 nitrogen and oxygen atoms in total. The molecule has 0 unspecified atom stereocenters. The smallest absolute Gasteiger partial charge is 0.289 e. The van der Waals surface area contributed by atoms with Crippen LogP contribution in [0.1, 0.15) is 31.5 Å². The van der Waals surface area contributed by atoms with Crippen molar-refractivity contribution >= 4 is 5.82 Å². The lowest BCUT2D eigenvalue weighted by molar-refractivity contribution is -0.373. The summed E-state index contributed by atoms with van der Waals surface area (Å²) in [6, 6.07) is 9.11. The maximum Gasteiger partial charge on any atom is 0.289 e. The zero-order valence-electron chi connectivity index (χ0n) is 12.8. The first-order valence-corrected chi connectivity index (χ1v) is 7.31. The lowest BCUT2D eigenvalue weighted by Gasteiger charge is -2.10. The number of benzene rings is 1. The predicted molar refractivity (Wildman–Crippen MR) is 84.4 cm³/mol. The highest BCUT2D eigenvalue weighted by Crippen LogP contribution is 2.34. The van der Waals surface area contributed by atoms with Crippen LogP contribution in [0.25, 0.3) is 11.1 Å². The van der Waals surface area contributed by atoms with Gasteiger partial charge in [0.1, 0.15) is 17.3 Å². The molecule has 1 aromatic carbocycles. The molecule has 0 aliphatic heterocycles. The molecular weight excluding hydrogens is 278 g/mol. The van der Waals surface area contributed by atoms with E-state index in [9.17, 15) is 10.4 Å². The number of nitrogen functional groups attached to an aromatic ring is 1. The first-order valence-electron chi connectivity index (χ1n) is 7.31. The maximum atomic E-state index is 9.81. The van der Waals surface area contributed by atoms with Crippen molar-refractivity contribution in [3.8, 4) is 28.7 Å². The summed E-state index contributed by atoms with van der Waals surface area (Å²) in [5, 5.41) is 19.2. The number of aromatic amines is 1. The molecule has 22 heavy (non-hydrogen) atoms. The quantitative estimate of drug-likeness (QED) is 0.887. The van der Waals surface area contributed by atoms with Crippen LogP contribution in [0, 0.1) is 11.3 Å². The Balaban J connectivity index is 2.60. The monoisotopic (exact) mass is 298 g/mol. The van der Waals surface area contributed by atoms with Gasteiger partial charge < -0.3 is 9.84 Å². The number of anilines is 1. The molecule has 0 aliphatic rings. The number of rotatable bonds is 5. The number of aryl methyl sites for hydroxylation is 1. The number of phenols is 1.